The van der Waals surface area contributed by atoms with Gasteiger partial charge in [0.1, 0.15) is 11.9 Å². The highest BCUT2D eigenvalue weighted by molar-refractivity contribution is 6.36. The second-order valence-corrected chi connectivity index (χ2v) is 10.8. The molecule has 1 aromatic carbocycles. The van der Waals surface area contributed by atoms with Crippen LogP contribution >= 0.6 is 11.6 Å². The Balaban J connectivity index is 1.46. The molecular weight excluding hydrogens is 534 g/mol. The van der Waals surface area contributed by atoms with Crippen LogP contribution in [0.1, 0.15) is 32.1 Å². The molecule has 0 bridgehead atoms. The number of hydrogen-bond donors (Lipinski definition) is 2. The summed E-state index contributed by atoms with van der Waals surface area (Å²) >= 11 is 6.33. The van der Waals surface area contributed by atoms with Gasteiger partial charge in [0, 0.05) is 44.3 Å². The van der Waals surface area contributed by atoms with Crippen LogP contribution in [0, 0.1) is 17.2 Å². The average molecular weight is 568 g/mol. The number of para-hydroxylation sites is 1. The first-order chi connectivity index (χ1) is 19.5. The maximum Gasteiger partial charge on any atom is 0.247 e. The number of nitrogens with zero attached hydrogens (tertiary/aromatic N) is 5. The Morgan fingerprint density at radius 2 is 1.88 bits per heavy atom. The van der Waals surface area contributed by atoms with Crippen LogP contribution in [0.5, 0.6) is 0 Å². The number of morpholine rings is 1. The van der Waals surface area contributed by atoms with Gasteiger partial charge in [-0.2, -0.15) is 5.26 Å². The highest BCUT2D eigenvalue weighted by Gasteiger charge is 2.34. The van der Waals surface area contributed by atoms with Gasteiger partial charge in [-0.15, -0.1) is 0 Å². The second-order valence-electron chi connectivity index (χ2n) is 10.4. The minimum Gasteiger partial charge on any atom is -0.378 e. The number of carbonyl (C=O) groups excluding carboxylic acids is 3. The SMILES string of the molecule is N#CC(C(=O)N1CCOCC1)C(=N[C@H]1CCCCN(CC(=O)N2CCCC2)C1=O)Nc1cccc2c(Cl)c[nH]c12. The average Bonchev–Trinajstić information content (AvgIpc) is 3.62. The molecule has 0 aliphatic carbocycles. The van der Waals surface area contributed by atoms with Crippen molar-refractivity contribution in [3.63, 3.8) is 0 Å². The normalized spacial score (nSPS) is 21.3. The molecule has 2 atom stereocenters. The number of amides is 3. The Morgan fingerprint density at radius 1 is 1.12 bits per heavy atom. The summed E-state index contributed by atoms with van der Waals surface area (Å²) in [6.07, 6.45) is 5.57. The van der Waals surface area contributed by atoms with Crippen LogP contribution < -0.4 is 5.32 Å². The molecule has 5 rings (SSSR count). The lowest BCUT2D eigenvalue weighted by Crippen LogP contribution is -2.47. The molecule has 2 aromatic rings. The predicted molar refractivity (Wildman–Crippen MR) is 151 cm³/mol. The Hall–Kier alpha value is -3.62. The number of H-pyrrole nitrogens is 1. The molecule has 3 amide bonds. The molecule has 2 N–H and O–H groups in total. The fourth-order valence-corrected chi connectivity index (χ4v) is 5.71. The van der Waals surface area contributed by atoms with Crippen LogP contribution in [0.25, 0.3) is 10.9 Å². The molecule has 0 saturated carbocycles. The Bertz CT molecular complexity index is 1320. The van der Waals surface area contributed by atoms with Crippen molar-refractivity contribution in [1.82, 2.24) is 19.7 Å². The molecule has 1 unspecified atom stereocenters. The summed E-state index contributed by atoms with van der Waals surface area (Å²) in [6.45, 7) is 3.47. The number of rotatable bonds is 6. The van der Waals surface area contributed by atoms with Crippen molar-refractivity contribution < 1.29 is 19.1 Å². The zero-order valence-corrected chi connectivity index (χ0v) is 23.2. The summed E-state index contributed by atoms with van der Waals surface area (Å²) in [5.74, 6) is -1.86. The third kappa shape index (κ3) is 6.08. The zero-order valence-electron chi connectivity index (χ0n) is 22.4. The van der Waals surface area contributed by atoms with Crippen LogP contribution in [-0.2, 0) is 19.1 Å². The molecule has 3 saturated heterocycles. The van der Waals surface area contributed by atoms with Crippen molar-refractivity contribution >= 4 is 51.7 Å². The van der Waals surface area contributed by atoms with E-state index in [1.165, 1.54) is 0 Å². The van der Waals surface area contributed by atoms with Crippen molar-refractivity contribution in [1.29, 1.82) is 5.26 Å². The zero-order chi connectivity index (χ0) is 28.1. The number of aliphatic imine (C=N–C) groups is 1. The number of carbonyl (C=O) groups is 3. The number of aromatic nitrogens is 1. The number of aromatic amines is 1. The summed E-state index contributed by atoms with van der Waals surface area (Å²) in [5.41, 5.74) is 1.28. The lowest BCUT2D eigenvalue weighted by atomic mass is 10.1. The molecule has 212 valence electrons. The standard InChI is InChI=1S/C28H34ClN7O4/c29-21-17-31-25-19(21)6-5-8-22(25)32-26(20(16-30)27(38)35-12-14-40-15-13-35)33-23-7-1-2-11-36(28(23)39)18-24(37)34-9-3-4-10-34/h5-6,8,17,20,23,31H,1-4,7,9-15,18H2,(H,32,33)/t20?,23-/m0/s1. The van der Waals surface area contributed by atoms with Gasteiger partial charge in [-0.25, -0.2) is 0 Å². The number of likely N-dealkylation sites (tertiary alicyclic amines) is 2. The Morgan fingerprint density at radius 3 is 2.62 bits per heavy atom. The van der Waals surface area contributed by atoms with E-state index in [0.717, 1.165) is 44.2 Å². The maximum atomic E-state index is 13.7. The quantitative estimate of drug-likeness (QED) is 0.407. The van der Waals surface area contributed by atoms with E-state index < -0.39 is 17.9 Å². The molecule has 0 radical (unpaired) electrons. The summed E-state index contributed by atoms with van der Waals surface area (Å²) < 4.78 is 5.38. The first kappa shape index (κ1) is 27.9. The van der Waals surface area contributed by atoms with E-state index in [4.69, 9.17) is 21.3 Å². The van der Waals surface area contributed by atoms with Gasteiger partial charge in [-0.05, 0) is 38.2 Å². The summed E-state index contributed by atoms with van der Waals surface area (Å²) in [4.78, 5) is 52.9. The lowest BCUT2D eigenvalue weighted by molar-refractivity contribution is -0.140. The Kier molecular flexibility index (Phi) is 8.87. The highest BCUT2D eigenvalue weighted by atomic mass is 35.5. The van der Waals surface area contributed by atoms with Gasteiger partial charge < -0.3 is 29.7 Å². The van der Waals surface area contributed by atoms with Crippen LogP contribution in [0.4, 0.5) is 5.69 Å². The van der Waals surface area contributed by atoms with E-state index >= 15 is 0 Å². The van der Waals surface area contributed by atoms with Gasteiger partial charge in [0.2, 0.25) is 17.7 Å². The first-order valence-corrected chi connectivity index (χ1v) is 14.3. The molecule has 3 fully saturated rings. The van der Waals surface area contributed by atoms with Gasteiger partial charge in [0.05, 0.1) is 42.1 Å². The number of benzene rings is 1. The van der Waals surface area contributed by atoms with Crippen molar-refractivity contribution in [3.8, 4) is 6.07 Å². The molecule has 40 heavy (non-hydrogen) atoms. The smallest absolute Gasteiger partial charge is 0.247 e. The van der Waals surface area contributed by atoms with Gasteiger partial charge in [0.15, 0.2) is 5.92 Å². The maximum absolute atomic E-state index is 13.7. The van der Waals surface area contributed by atoms with E-state index in [9.17, 15) is 19.6 Å². The third-order valence-corrected chi connectivity index (χ3v) is 8.04. The number of amidine groups is 1. The lowest BCUT2D eigenvalue weighted by Gasteiger charge is -2.29. The van der Waals surface area contributed by atoms with Crippen molar-refractivity contribution in [2.75, 3.05) is 57.8 Å². The molecular formula is C28H34ClN7O4. The number of anilines is 1. The number of fused-ring (bicyclic) bond motifs is 1. The summed E-state index contributed by atoms with van der Waals surface area (Å²) in [5, 5.41) is 14.7. The summed E-state index contributed by atoms with van der Waals surface area (Å²) in [7, 11) is 0. The van der Waals surface area contributed by atoms with E-state index in [0.29, 0.717) is 55.5 Å². The van der Waals surface area contributed by atoms with Crippen LogP contribution in [0.3, 0.4) is 0 Å². The van der Waals surface area contributed by atoms with E-state index in [2.05, 4.69) is 16.4 Å². The third-order valence-electron chi connectivity index (χ3n) is 7.73. The molecule has 4 heterocycles. The molecule has 12 heteroatoms. The van der Waals surface area contributed by atoms with Crippen molar-refractivity contribution in [2.45, 2.75) is 38.1 Å². The summed E-state index contributed by atoms with van der Waals surface area (Å²) in [6, 6.07) is 6.78. The van der Waals surface area contributed by atoms with E-state index in [1.54, 1.807) is 27.0 Å². The molecule has 11 nitrogen and oxygen atoms in total. The number of nitrogens with one attached hydrogen (secondary N) is 2. The van der Waals surface area contributed by atoms with Gasteiger partial charge in [0.25, 0.3) is 0 Å². The van der Waals surface area contributed by atoms with Crippen LogP contribution in [0.2, 0.25) is 5.02 Å². The number of hydrogen-bond acceptors (Lipinski definition) is 6. The van der Waals surface area contributed by atoms with Crippen molar-refractivity contribution in [3.05, 3.63) is 29.4 Å². The number of ether oxygens (including phenoxy) is 1. The molecule has 1 aromatic heterocycles. The Labute approximate surface area is 238 Å². The fraction of sp³-hybridized carbons (Fsp3) is 0.536. The predicted octanol–water partition coefficient (Wildman–Crippen LogP) is 2.63. The molecule has 3 aliphatic rings. The minimum absolute atomic E-state index is 0.0162. The largest absolute Gasteiger partial charge is 0.378 e. The molecule has 0 spiro atoms. The van der Waals surface area contributed by atoms with E-state index in [-0.39, 0.29) is 24.2 Å². The van der Waals surface area contributed by atoms with Gasteiger partial charge in [-0.1, -0.05) is 23.7 Å². The van der Waals surface area contributed by atoms with Crippen LogP contribution in [0.15, 0.2) is 29.4 Å². The first-order valence-electron chi connectivity index (χ1n) is 13.9. The highest BCUT2D eigenvalue weighted by Crippen LogP contribution is 2.29. The van der Waals surface area contributed by atoms with Gasteiger partial charge in [-0.3, -0.25) is 19.4 Å². The number of halogens is 1. The van der Waals surface area contributed by atoms with Crippen LogP contribution in [-0.4, -0.2) is 102 Å². The number of nitriles is 1. The molecule has 3 aliphatic heterocycles. The van der Waals surface area contributed by atoms with Gasteiger partial charge >= 0.3 is 0 Å². The van der Waals surface area contributed by atoms with Crippen molar-refractivity contribution in [2.24, 2.45) is 10.9 Å². The minimum atomic E-state index is -1.26. The topological polar surface area (TPSA) is 134 Å². The fourth-order valence-electron chi connectivity index (χ4n) is 5.50. The monoisotopic (exact) mass is 567 g/mol. The second kappa shape index (κ2) is 12.7. The van der Waals surface area contributed by atoms with E-state index in [1.807, 2.05) is 12.1 Å².